The van der Waals surface area contributed by atoms with Crippen LogP contribution in [0.2, 0.25) is 0 Å². The largest absolute Gasteiger partial charge is 0.457 e. The van der Waals surface area contributed by atoms with Crippen molar-refractivity contribution >= 4 is 27.6 Å². The average molecular weight is 320 g/mol. The molecule has 2 aromatic carbocycles. The number of hydrogen-bond acceptors (Lipinski definition) is 3. The number of hydrogen-bond donors (Lipinski definition) is 1. The lowest BCUT2D eigenvalue weighted by Gasteiger charge is -2.09. The van der Waals surface area contributed by atoms with E-state index in [0.717, 1.165) is 15.7 Å². The molecule has 0 atom stereocenters. The van der Waals surface area contributed by atoms with Crippen LogP contribution in [0.1, 0.15) is 15.9 Å². The van der Waals surface area contributed by atoms with Crippen LogP contribution in [0.4, 0.5) is 5.69 Å². The van der Waals surface area contributed by atoms with E-state index < -0.39 is 0 Å². The van der Waals surface area contributed by atoms with Gasteiger partial charge in [-0.1, -0.05) is 46.3 Å². The Bertz CT molecular complexity index is 584. The molecule has 0 aliphatic heterocycles. The highest BCUT2D eigenvalue weighted by Crippen LogP contribution is 2.19. The number of ether oxygens (including phenoxy) is 1. The van der Waals surface area contributed by atoms with Gasteiger partial charge in [-0.25, -0.2) is 4.79 Å². The second kappa shape index (κ2) is 6.38. The van der Waals surface area contributed by atoms with Crippen LogP contribution < -0.4 is 5.32 Å². The molecule has 19 heavy (non-hydrogen) atoms. The van der Waals surface area contributed by atoms with Crippen LogP contribution >= 0.6 is 15.9 Å². The number of halogens is 1. The monoisotopic (exact) mass is 319 g/mol. The molecule has 0 aliphatic carbocycles. The first-order chi connectivity index (χ1) is 9.22. The van der Waals surface area contributed by atoms with Crippen molar-refractivity contribution in [3.8, 4) is 0 Å². The van der Waals surface area contributed by atoms with Gasteiger partial charge in [-0.15, -0.1) is 0 Å². The van der Waals surface area contributed by atoms with Crippen LogP contribution in [-0.2, 0) is 11.3 Å². The molecule has 4 heteroatoms. The molecule has 0 fully saturated rings. The standard InChI is InChI=1S/C15H14BrNO2/c1-17-14-9-5-3-7-12(14)15(18)19-10-11-6-2-4-8-13(11)16/h2-9,17H,10H2,1H3. The Hall–Kier alpha value is -1.81. The molecule has 0 saturated heterocycles. The normalized spacial score (nSPS) is 10.0. The fourth-order valence-corrected chi connectivity index (χ4v) is 2.11. The first-order valence-electron chi connectivity index (χ1n) is 5.89. The third-order valence-corrected chi connectivity index (χ3v) is 3.51. The fourth-order valence-electron chi connectivity index (χ4n) is 1.72. The molecule has 0 radical (unpaired) electrons. The Labute approximate surface area is 120 Å². The lowest BCUT2D eigenvalue weighted by molar-refractivity contribution is 0.0473. The Morgan fingerprint density at radius 3 is 2.58 bits per heavy atom. The van der Waals surface area contributed by atoms with Crippen molar-refractivity contribution in [2.45, 2.75) is 6.61 Å². The van der Waals surface area contributed by atoms with Crippen molar-refractivity contribution < 1.29 is 9.53 Å². The van der Waals surface area contributed by atoms with E-state index in [2.05, 4.69) is 21.2 Å². The van der Waals surface area contributed by atoms with Crippen LogP contribution in [0.5, 0.6) is 0 Å². The van der Waals surface area contributed by atoms with Gasteiger partial charge in [0.05, 0.1) is 5.56 Å². The SMILES string of the molecule is CNc1ccccc1C(=O)OCc1ccccc1Br. The van der Waals surface area contributed by atoms with Gasteiger partial charge in [0, 0.05) is 22.8 Å². The molecule has 0 saturated carbocycles. The van der Waals surface area contributed by atoms with Crippen molar-refractivity contribution in [2.24, 2.45) is 0 Å². The van der Waals surface area contributed by atoms with Crippen molar-refractivity contribution in [2.75, 3.05) is 12.4 Å². The second-order valence-corrected chi connectivity index (χ2v) is 4.82. The third kappa shape index (κ3) is 3.35. The average Bonchev–Trinajstić information content (AvgIpc) is 2.46. The molecule has 2 rings (SSSR count). The smallest absolute Gasteiger partial charge is 0.340 e. The number of nitrogens with one attached hydrogen (secondary N) is 1. The summed E-state index contributed by atoms with van der Waals surface area (Å²) in [4.78, 5) is 12.0. The summed E-state index contributed by atoms with van der Waals surface area (Å²) in [6, 6.07) is 14.9. The molecule has 0 aromatic heterocycles. The second-order valence-electron chi connectivity index (χ2n) is 3.96. The zero-order chi connectivity index (χ0) is 13.7. The number of rotatable bonds is 4. The van der Waals surface area contributed by atoms with E-state index in [1.165, 1.54) is 0 Å². The maximum absolute atomic E-state index is 12.0. The molecule has 3 nitrogen and oxygen atoms in total. The van der Waals surface area contributed by atoms with Gasteiger partial charge in [0.1, 0.15) is 6.61 Å². The lowest BCUT2D eigenvalue weighted by Crippen LogP contribution is -2.08. The molecule has 0 spiro atoms. The number of carbonyl (C=O) groups excluding carboxylic acids is 1. The summed E-state index contributed by atoms with van der Waals surface area (Å²) in [6.07, 6.45) is 0. The van der Waals surface area contributed by atoms with E-state index in [1.54, 1.807) is 13.1 Å². The predicted octanol–water partition coefficient (Wildman–Crippen LogP) is 3.85. The predicted molar refractivity (Wildman–Crippen MR) is 79.3 cm³/mol. The van der Waals surface area contributed by atoms with Gasteiger partial charge in [0.15, 0.2) is 0 Å². The highest BCUT2D eigenvalue weighted by Gasteiger charge is 2.12. The van der Waals surface area contributed by atoms with Gasteiger partial charge in [-0.3, -0.25) is 0 Å². The minimum Gasteiger partial charge on any atom is -0.457 e. The van der Waals surface area contributed by atoms with Crippen molar-refractivity contribution in [1.29, 1.82) is 0 Å². The summed E-state index contributed by atoms with van der Waals surface area (Å²) in [5.41, 5.74) is 2.24. The van der Waals surface area contributed by atoms with Gasteiger partial charge < -0.3 is 10.1 Å². The van der Waals surface area contributed by atoms with Gasteiger partial charge >= 0.3 is 5.97 Å². The van der Waals surface area contributed by atoms with Crippen LogP contribution in [0.25, 0.3) is 0 Å². The molecule has 0 aliphatic rings. The zero-order valence-electron chi connectivity index (χ0n) is 10.5. The molecule has 0 bridgehead atoms. The van der Waals surface area contributed by atoms with Gasteiger partial charge in [-0.2, -0.15) is 0 Å². The number of carbonyl (C=O) groups is 1. The first kappa shape index (κ1) is 13.6. The van der Waals surface area contributed by atoms with Crippen LogP contribution in [-0.4, -0.2) is 13.0 Å². The van der Waals surface area contributed by atoms with Gasteiger partial charge in [0.25, 0.3) is 0 Å². The minimum absolute atomic E-state index is 0.248. The fraction of sp³-hybridized carbons (Fsp3) is 0.133. The van der Waals surface area contributed by atoms with Gasteiger partial charge in [-0.05, 0) is 18.2 Å². The molecule has 0 heterocycles. The van der Waals surface area contributed by atoms with E-state index in [4.69, 9.17) is 4.74 Å². The maximum Gasteiger partial charge on any atom is 0.340 e. The minimum atomic E-state index is -0.333. The molecule has 98 valence electrons. The van der Waals surface area contributed by atoms with Crippen LogP contribution in [0.15, 0.2) is 53.0 Å². The van der Waals surface area contributed by atoms with Crippen LogP contribution in [0.3, 0.4) is 0 Å². The topological polar surface area (TPSA) is 38.3 Å². The van der Waals surface area contributed by atoms with Crippen LogP contribution in [0, 0.1) is 0 Å². The summed E-state index contributed by atoms with van der Waals surface area (Å²) in [5, 5.41) is 2.98. The Morgan fingerprint density at radius 2 is 1.84 bits per heavy atom. The van der Waals surface area contributed by atoms with E-state index >= 15 is 0 Å². The quantitative estimate of drug-likeness (QED) is 0.870. The third-order valence-electron chi connectivity index (χ3n) is 2.73. The van der Waals surface area contributed by atoms with Crippen molar-refractivity contribution in [3.63, 3.8) is 0 Å². The van der Waals surface area contributed by atoms with E-state index in [0.29, 0.717) is 5.56 Å². The molecular formula is C15H14BrNO2. The molecule has 0 amide bonds. The first-order valence-corrected chi connectivity index (χ1v) is 6.69. The molecule has 2 aromatic rings. The maximum atomic E-state index is 12.0. The molecule has 1 N–H and O–H groups in total. The Kier molecular flexibility index (Phi) is 4.58. The number of anilines is 1. The van der Waals surface area contributed by atoms with E-state index in [-0.39, 0.29) is 12.6 Å². The Morgan fingerprint density at radius 1 is 1.16 bits per heavy atom. The summed E-state index contributed by atoms with van der Waals surface area (Å²) >= 11 is 3.43. The number of para-hydroxylation sites is 1. The Balaban J connectivity index is 2.08. The number of benzene rings is 2. The summed E-state index contributed by atoms with van der Waals surface area (Å²) in [5.74, 6) is -0.333. The highest BCUT2D eigenvalue weighted by atomic mass is 79.9. The van der Waals surface area contributed by atoms with Crippen molar-refractivity contribution in [1.82, 2.24) is 0 Å². The van der Waals surface area contributed by atoms with Crippen molar-refractivity contribution in [3.05, 3.63) is 64.1 Å². The summed E-state index contributed by atoms with van der Waals surface area (Å²) < 4.78 is 6.26. The zero-order valence-corrected chi connectivity index (χ0v) is 12.1. The van der Waals surface area contributed by atoms with E-state index in [1.807, 2.05) is 42.5 Å². The molecule has 0 unspecified atom stereocenters. The van der Waals surface area contributed by atoms with Gasteiger partial charge in [0.2, 0.25) is 0 Å². The van der Waals surface area contributed by atoms with E-state index in [9.17, 15) is 4.79 Å². The lowest BCUT2D eigenvalue weighted by atomic mass is 10.2. The summed E-state index contributed by atoms with van der Waals surface area (Å²) in [6.45, 7) is 0.248. The molecular weight excluding hydrogens is 306 g/mol. The summed E-state index contributed by atoms with van der Waals surface area (Å²) in [7, 11) is 1.78. The number of esters is 1. The highest BCUT2D eigenvalue weighted by molar-refractivity contribution is 9.10.